The molecule has 204 valence electrons. The zero-order chi connectivity index (χ0) is 26.8. The number of anilines is 2. The van der Waals surface area contributed by atoms with Gasteiger partial charge in [0.15, 0.2) is 5.82 Å². The lowest BCUT2D eigenvalue weighted by Crippen LogP contribution is -2.94. The summed E-state index contributed by atoms with van der Waals surface area (Å²) >= 11 is 12.6. The van der Waals surface area contributed by atoms with Crippen molar-refractivity contribution in [3.63, 3.8) is 0 Å². The van der Waals surface area contributed by atoms with Crippen molar-refractivity contribution in [2.24, 2.45) is 0 Å². The number of nitrogens with one attached hydrogen (secondary N) is 3. The number of hydrogen-bond donors (Lipinski definition) is 4. The number of ether oxygens (including phenoxy) is 1. The Balaban J connectivity index is 1.33. The molecule has 0 atom stereocenters. The van der Waals surface area contributed by atoms with Crippen LogP contribution in [0.1, 0.15) is 18.4 Å². The average Bonchev–Trinajstić information content (AvgIpc) is 2.93. The molecule has 0 amide bonds. The Morgan fingerprint density at radius 2 is 1.95 bits per heavy atom. The molecule has 0 unspecified atom stereocenters. The van der Waals surface area contributed by atoms with Crippen LogP contribution in [0.15, 0.2) is 53.7 Å². The van der Waals surface area contributed by atoms with Crippen molar-refractivity contribution in [3.8, 4) is 5.75 Å². The van der Waals surface area contributed by atoms with Crippen LogP contribution in [0.5, 0.6) is 5.75 Å². The molecule has 1 saturated heterocycles. The second-order valence-electron chi connectivity index (χ2n) is 10.0. The third-order valence-electron chi connectivity index (χ3n) is 7.46. The third-order valence-corrected chi connectivity index (χ3v) is 8.22. The van der Waals surface area contributed by atoms with E-state index in [0.717, 1.165) is 67.8 Å². The summed E-state index contributed by atoms with van der Waals surface area (Å²) in [5, 5.41) is 7.39. The Labute approximate surface area is 233 Å². The predicted octanol–water partition coefficient (Wildman–Crippen LogP) is 3.28. The maximum Gasteiger partial charge on any atom is 0.229 e. The highest BCUT2D eigenvalue weighted by Crippen LogP contribution is 2.33. The first-order chi connectivity index (χ1) is 18.3. The fourth-order valence-corrected chi connectivity index (χ4v) is 5.72. The van der Waals surface area contributed by atoms with Crippen molar-refractivity contribution in [1.29, 1.82) is 0 Å². The average molecular weight is 564 g/mol. The Hall–Kier alpha value is -2.85. The highest BCUT2D eigenvalue weighted by Gasteiger charge is 2.27. The second-order valence-corrected chi connectivity index (χ2v) is 10.8. The number of benzene rings is 2. The molecule has 0 radical (unpaired) electrons. The van der Waals surface area contributed by atoms with E-state index in [9.17, 15) is 4.39 Å². The van der Waals surface area contributed by atoms with E-state index in [4.69, 9.17) is 27.9 Å². The van der Waals surface area contributed by atoms with Gasteiger partial charge in [-0.25, -0.2) is 9.82 Å². The molecule has 3 heterocycles. The molecule has 0 aromatic heterocycles. The van der Waals surface area contributed by atoms with E-state index in [1.165, 1.54) is 11.8 Å². The predicted molar refractivity (Wildman–Crippen MR) is 151 cm³/mol. The van der Waals surface area contributed by atoms with Crippen LogP contribution in [0.4, 0.5) is 15.8 Å². The van der Waals surface area contributed by atoms with Gasteiger partial charge in [0.05, 0.1) is 23.5 Å². The van der Waals surface area contributed by atoms with Crippen molar-refractivity contribution < 1.29 is 14.6 Å². The zero-order valence-corrected chi connectivity index (χ0v) is 23.5. The normalized spacial score (nSPS) is 18.1. The quantitative estimate of drug-likeness (QED) is 0.305. The fourth-order valence-electron chi connectivity index (χ4n) is 5.23. The summed E-state index contributed by atoms with van der Waals surface area (Å²) < 4.78 is 19.9. The molecule has 0 saturated carbocycles. The molecule has 11 heteroatoms. The molecule has 3 aliphatic heterocycles. The Bertz CT molecular complexity index is 1240. The summed E-state index contributed by atoms with van der Waals surface area (Å²) in [6.07, 6.45) is 4.35. The lowest BCUT2D eigenvalue weighted by atomic mass is 10.0. The van der Waals surface area contributed by atoms with Gasteiger partial charge in [-0.05, 0) is 51.2 Å². The fraction of sp³-hybridized carbons (Fsp3) is 0.407. The van der Waals surface area contributed by atoms with Gasteiger partial charge in [0.25, 0.3) is 0 Å². The van der Waals surface area contributed by atoms with E-state index in [-0.39, 0.29) is 5.02 Å². The molecule has 0 bridgehead atoms. The smallest absolute Gasteiger partial charge is 0.229 e. The number of nitrogens with zero attached hydrogens (tertiary/aromatic N) is 3. The van der Waals surface area contributed by atoms with Crippen LogP contribution < -0.4 is 31.1 Å². The van der Waals surface area contributed by atoms with Crippen molar-refractivity contribution in [2.75, 3.05) is 57.6 Å². The summed E-state index contributed by atoms with van der Waals surface area (Å²) in [6.45, 7) is 3.91. The van der Waals surface area contributed by atoms with Gasteiger partial charge in [0, 0.05) is 67.2 Å². The lowest BCUT2D eigenvalue weighted by Gasteiger charge is -2.36. The van der Waals surface area contributed by atoms with E-state index < -0.39 is 5.82 Å². The number of piperidine rings is 1. The van der Waals surface area contributed by atoms with E-state index in [2.05, 4.69) is 69.1 Å². The maximum absolute atomic E-state index is 14.1. The van der Waals surface area contributed by atoms with Crippen LogP contribution in [0.3, 0.4) is 0 Å². The van der Waals surface area contributed by atoms with Gasteiger partial charge in [0.2, 0.25) is 5.82 Å². The molecule has 0 spiro atoms. The molecule has 0 aliphatic carbocycles. The largest absolute Gasteiger partial charge is 0.494 e. The standard InChI is InChI=1S/C27H34Cl2FN7O/c1-35(2)17-8-11-36(12-9-17)18-4-7-22(24(14-18)38-3)32-25-15-23-27(34-33-25)31-10-13-37(23)16-19-20(28)5-6-21(30)26(19)29/h4-7,14-15,17,31-34H,8-13,16H2,1-3H3/p+1. The van der Waals surface area contributed by atoms with Gasteiger partial charge in [-0.1, -0.05) is 23.2 Å². The summed E-state index contributed by atoms with van der Waals surface area (Å²) in [4.78, 5) is 6.88. The number of hydrogen-bond acceptors (Lipinski definition) is 7. The first-order valence-corrected chi connectivity index (χ1v) is 13.6. The molecule has 38 heavy (non-hydrogen) atoms. The van der Waals surface area contributed by atoms with Crippen LogP contribution in [-0.2, 0) is 6.54 Å². The van der Waals surface area contributed by atoms with Gasteiger partial charge >= 0.3 is 0 Å². The van der Waals surface area contributed by atoms with Crippen LogP contribution in [-0.4, -0.2) is 63.2 Å². The minimum Gasteiger partial charge on any atom is -0.494 e. The summed E-state index contributed by atoms with van der Waals surface area (Å²) in [6, 6.07) is 9.78. The highest BCUT2D eigenvalue weighted by atomic mass is 35.5. The maximum atomic E-state index is 14.1. The number of quaternary nitrogens is 1. The Kier molecular flexibility index (Phi) is 8.09. The molecule has 2 aromatic carbocycles. The van der Waals surface area contributed by atoms with E-state index in [0.29, 0.717) is 23.2 Å². The first kappa shape index (κ1) is 26.7. The molecular formula is C27H35Cl2FN7O+. The van der Waals surface area contributed by atoms with Crippen molar-refractivity contribution >= 4 is 34.6 Å². The summed E-state index contributed by atoms with van der Waals surface area (Å²) in [7, 11) is 6.01. The zero-order valence-electron chi connectivity index (χ0n) is 22.0. The van der Waals surface area contributed by atoms with Gasteiger partial charge in [-0.15, -0.1) is 0 Å². The van der Waals surface area contributed by atoms with Crippen molar-refractivity contribution in [2.45, 2.75) is 25.4 Å². The lowest BCUT2D eigenvalue weighted by molar-refractivity contribution is -0.659. The first-order valence-electron chi connectivity index (χ1n) is 12.9. The van der Waals surface area contributed by atoms with Crippen LogP contribution in [0.25, 0.3) is 0 Å². The minimum atomic E-state index is -0.471. The summed E-state index contributed by atoms with van der Waals surface area (Å²) in [5.41, 5.74) is 8.81. The highest BCUT2D eigenvalue weighted by molar-refractivity contribution is 6.36. The van der Waals surface area contributed by atoms with Crippen LogP contribution in [0, 0.1) is 5.82 Å². The molecule has 5 rings (SSSR count). The third kappa shape index (κ3) is 5.61. The van der Waals surface area contributed by atoms with Gasteiger partial charge in [-0.2, -0.15) is 5.43 Å². The van der Waals surface area contributed by atoms with Gasteiger partial charge < -0.3 is 30.1 Å². The number of rotatable bonds is 7. The van der Waals surface area contributed by atoms with E-state index in [1.54, 1.807) is 13.2 Å². The Morgan fingerprint density at radius 3 is 2.68 bits per heavy atom. The van der Waals surface area contributed by atoms with Gasteiger partial charge in [-0.3, -0.25) is 0 Å². The SMILES string of the molecule is COc1cc(N2CCC(N(C)C)CC2)ccc1NC1=CC2=C(NCCN2Cc2c(Cl)ccc(F)c2Cl)N[NH2+]1. The molecule has 2 aromatic rings. The molecule has 3 aliphatic rings. The molecular weight excluding hydrogens is 528 g/mol. The molecule has 1 fully saturated rings. The van der Waals surface area contributed by atoms with Crippen molar-refractivity contribution in [3.05, 3.63) is 75.2 Å². The van der Waals surface area contributed by atoms with Crippen molar-refractivity contribution in [1.82, 2.24) is 20.5 Å². The number of nitrogens with two attached hydrogens (primary N) is 1. The number of methoxy groups -OCH3 is 1. The number of allylic oxidation sites excluding steroid dienone is 1. The van der Waals surface area contributed by atoms with E-state index >= 15 is 0 Å². The van der Waals surface area contributed by atoms with Crippen LogP contribution >= 0.6 is 23.2 Å². The Morgan fingerprint density at radius 1 is 1.16 bits per heavy atom. The molecule has 8 nitrogen and oxygen atoms in total. The topological polar surface area (TPSA) is 71.7 Å². The van der Waals surface area contributed by atoms with Gasteiger partial charge in [0.1, 0.15) is 11.6 Å². The number of halogens is 3. The second kappa shape index (κ2) is 11.5. The summed E-state index contributed by atoms with van der Waals surface area (Å²) in [5.74, 6) is 2.06. The molecule has 5 N–H and O–H groups in total. The van der Waals surface area contributed by atoms with Crippen LogP contribution in [0.2, 0.25) is 10.0 Å². The van der Waals surface area contributed by atoms with E-state index in [1.807, 2.05) is 5.43 Å². The monoisotopic (exact) mass is 562 g/mol. The minimum absolute atomic E-state index is 0.0617.